The molecule has 0 aliphatic heterocycles. The van der Waals surface area contributed by atoms with Crippen LogP contribution in [0.4, 0.5) is 5.82 Å². The lowest BCUT2D eigenvalue weighted by atomic mass is 10.2. The minimum Gasteiger partial charge on any atom is -0.383 e. The molecule has 0 atom stereocenters. The predicted octanol–water partition coefficient (Wildman–Crippen LogP) is 0.547. The van der Waals surface area contributed by atoms with E-state index in [9.17, 15) is 0 Å². The number of methoxy groups -OCH3 is 2. The summed E-state index contributed by atoms with van der Waals surface area (Å²) in [4.78, 5) is 2.18. The Morgan fingerprint density at radius 3 is 2.58 bits per heavy atom. The molecule has 1 aromatic heterocycles. The van der Waals surface area contributed by atoms with Crippen LogP contribution in [-0.4, -0.2) is 57.4 Å². The van der Waals surface area contributed by atoms with Gasteiger partial charge in [-0.25, -0.2) is 0 Å². The van der Waals surface area contributed by atoms with E-state index < -0.39 is 0 Å². The highest BCUT2D eigenvalue weighted by Gasteiger charge is 2.16. The molecule has 0 saturated heterocycles. The zero-order chi connectivity index (χ0) is 14.3. The number of aromatic nitrogens is 2. The molecule has 0 spiro atoms. The largest absolute Gasteiger partial charge is 0.383 e. The number of hydrogen-bond acceptors (Lipinski definition) is 5. The van der Waals surface area contributed by atoms with Crippen molar-refractivity contribution in [3.05, 3.63) is 11.3 Å². The number of likely N-dealkylation sites (N-methyl/N-ethyl adjacent to an activating group) is 1. The van der Waals surface area contributed by atoms with Crippen molar-refractivity contribution in [2.24, 2.45) is 7.05 Å². The molecule has 0 amide bonds. The van der Waals surface area contributed by atoms with Gasteiger partial charge < -0.3 is 19.7 Å². The van der Waals surface area contributed by atoms with Gasteiger partial charge in [0.2, 0.25) is 0 Å². The summed E-state index contributed by atoms with van der Waals surface area (Å²) in [5.74, 6) is 1.14. The minimum absolute atomic E-state index is 0.706. The molecule has 0 aromatic carbocycles. The third-order valence-corrected chi connectivity index (χ3v) is 3.09. The van der Waals surface area contributed by atoms with Gasteiger partial charge in [-0.1, -0.05) is 0 Å². The lowest BCUT2D eigenvalue weighted by Crippen LogP contribution is -2.27. The number of rotatable bonds is 9. The molecule has 0 aliphatic carbocycles. The van der Waals surface area contributed by atoms with Gasteiger partial charge in [0, 0.05) is 53.5 Å². The van der Waals surface area contributed by atoms with Crippen molar-refractivity contribution < 1.29 is 9.47 Å². The topological polar surface area (TPSA) is 51.5 Å². The van der Waals surface area contributed by atoms with Crippen LogP contribution in [0, 0.1) is 6.92 Å². The van der Waals surface area contributed by atoms with E-state index >= 15 is 0 Å². The number of anilines is 1. The summed E-state index contributed by atoms with van der Waals surface area (Å²) >= 11 is 0. The Labute approximate surface area is 115 Å². The Balaban J connectivity index is 2.72. The fourth-order valence-electron chi connectivity index (χ4n) is 2.10. The van der Waals surface area contributed by atoms with Crippen LogP contribution in [0.25, 0.3) is 0 Å². The third-order valence-electron chi connectivity index (χ3n) is 3.09. The standard InChI is InChI=1S/C13H26N4O2/c1-11-12(10-14-6-8-18-4)13(17(3)15-11)16(2)7-9-19-5/h14H,6-10H2,1-5H3. The molecule has 19 heavy (non-hydrogen) atoms. The first kappa shape index (κ1) is 15.9. The lowest BCUT2D eigenvalue weighted by Gasteiger charge is -2.20. The van der Waals surface area contributed by atoms with Gasteiger partial charge in [-0.05, 0) is 6.92 Å². The Morgan fingerprint density at radius 2 is 1.95 bits per heavy atom. The maximum absolute atomic E-state index is 5.13. The van der Waals surface area contributed by atoms with Gasteiger partial charge in [0.1, 0.15) is 5.82 Å². The second kappa shape index (κ2) is 8.14. The van der Waals surface area contributed by atoms with Crippen LogP contribution in [0.3, 0.4) is 0 Å². The quantitative estimate of drug-likeness (QED) is 0.664. The van der Waals surface area contributed by atoms with E-state index in [2.05, 4.69) is 22.4 Å². The van der Waals surface area contributed by atoms with Crippen molar-refractivity contribution >= 4 is 5.82 Å². The van der Waals surface area contributed by atoms with Crippen molar-refractivity contribution in [3.63, 3.8) is 0 Å². The van der Waals surface area contributed by atoms with Gasteiger partial charge >= 0.3 is 0 Å². The van der Waals surface area contributed by atoms with E-state index in [1.807, 2.05) is 18.7 Å². The van der Waals surface area contributed by atoms with Gasteiger partial charge in [-0.3, -0.25) is 4.68 Å². The first-order chi connectivity index (χ1) is 9.11. The van der Waals surface area contributed by atoms with E-state index in [4.69, 9.17) is 9.47 Å². The smallest absolute Gasteiger partial charge is 0.131 e. The Kier molecular flexibility index (Phi) is 6.83. The summed E-state index contributed by atoms with van der Waals surface area (Å²) in [7, 11) is 7.47. The molecular formula is C13H26N4O2. The second-order valence-corrected chi connectivity index (χ2v) is 4.60. The molecule has 0 unspecified atom stereocenters. The van der Waals surface area contributed by atoms with Gasteiger partial charge in [0.25, 0.3) is 0 Å². The van der Waals surface area contributed by atoms with E-state index in [-0.39, 0.29) is 0 Å². The highest BCUT2D eigenvalue weighted by atomic mass is 16.5. The molecule has 1 rings (SSSR count). The first-order valence-electron chi connectivity index (χ1n) is 6.54. The van der Waals surface area contributed by atoms with E-state index in [0.717, 1.165) is 31.1 Å². The van der Waals surface area contributed by atoms with E-state index in [0.29, 0.717) is 13.2 Å². The normalized spacial score (nSPS) is 11.0. The minimum atomic E-state index is 0.706. The molecule has 0 saturated carbocycles. The average molecular weight is 270 g/mol. The molecule has 1 aromatic rings. The predicted molar refractivity (Wildman–Crippen MR) is 76.7 cm³/mol. The molecule has 6 heteroatoms. The van der Waals surface area contributed by atoms with Gasteiger partial charge in [-0.15, -0.1) is 0 Å². The van der Waals surface area contributed by atoms with Crippen molar-refractivity contribution in [1.29, 1.82) is 0 Å². The highest BCUT2D eigenvalue weighted by Crippen LogP contribution is 2.21. The summed E-state index contributed by atoms with van der Waals surface area (Å²) in [6.07, 6.45) is 0. The fourth-order valence-corrected chi connectivity index (χ4v) is 2.10. The number of hydrogen-bond donors (Lipinski definition) is 1. The van der Waals surface area contributed by atoms with E-state index in [1.54, 1.807) is 14.2 Å². The third kappa shape index (κ3) is 4.49. The molecule has 0 aliphatic rings. The second-order valence-electron chi connectivity index (χ2n) is 4.60. The summed E-state index contributed by atoms with van der Waals surface area (Å²) in [6.45, 7) is 5.95. The van der Waals surface area contributed by atoms with Crippen LogP contribution in [0.2, 0.25) is 0 Å². The van der Waals surface area contributed by atoms with Gasteiger partial charge in [-0.2, -0.15) is 5.10 Å². The Bertz CT molecular complexity index is 379. The van der Waals surface area contributed by atoms with Crippen LogP contribution in [0.5, 0.6) is 0 Å². The maximum atomic E-state index is 5.13. The van der Waals surface area contributed by atoms with Crippen LogP contribution >= 0.6 is 0 Å². The Hall–Kier alpha value is -1.11. The molecule has 0 fully saturated rings. The van der Waals surface area contributed by atoms with Gasteiger partial charge in [0.15, 0.2) is 0 Å². The van der Waals surface area contributed by atoms with Gasteiger partial charge in [0.05, 0.1) is 18.9 Å². The van der Waals surface area contributed by atoms with Crippen molar-refractivity contribution in [2.45, 2.75) is 13.5 Å². The summed E-state index contributed by atoms with van der Waals surface area (Å²) in [5.41, 5.74) is 2.30. The average Bonchev–Trinajstić information content (AvgIpc) is 2.66. The monoisotopic (exact) mass is 270 g/mol. The van der Waals surface area contributed by atoms with E-state index in [1.165, 1.54) is 5.56 Å². The molecular weight excluding hydrogens is 244 g/mol. The molecule has 1 heterocycles. The first-order valence-corrected chi connectivity index (χ1v) is 6.54. The summed E-state index contributed by atoms with van der Waals surface area (Å²) in [5, 5.41) is 7.87. The molecule has 0 bridgehead atoms. The molecule has 110 valence electrons. The molecule has 0 radical (unpaired) electrons. The molecule has 1 N–H and O–H groups in total. The number of ether oxygens (including phenoxy) is 2. The number of aryl methyl sites for hydroxylation is 2. The van der Waals surface area contributed by atoms with Crippen molar-refractivity contribution in [2.75, 3.05) is 52.5 Å². The van der Waals surface area contributed by atoms with Crippen LogP contribution in [0.15, 0.2) is 0 Å². The van der Waals surface area contributed by atoms with Crippen molar-refractivity contribution in [1.82, 2.24) is 15.1 Å². The number of nitrogens with one attached hydrogen (secondary N) is 1. The number of nitrogens with zero attached hydrogens (tertiary/aromatic N) is 3. The fraction of sp³-hybridized carbons (Fsp3) is 0.769. The SMILES string of the molecule is COCCNCc1c(C)nn(C)c1N(C)CCOC. The van der Waals surface area contributed by atoms with Crippen LogP contribution in [-0.2, 0) is 23.1 Å². The summed E-state index contributed by atoms with van der Waals surface area (Å²) < 4.78 is 12.1. The maximum Gasteiger partial charge on any atom is 0.131 e. The van der Waals surface area contributed by atoms with Crippen LogP contribution < -0.4 is 10.2 Å². The zero-order valence-electron chi connectivity index (χ0n) is 12.7. The zero-order valence-corrected chi connectivity index (χ0v) is 12.7. The summed E-state index contributed by atoms with van der Waals surface area (Å²) in [6, 6.07) is 0. The Morgan fingerprint density at radius 1 is 1.26 bits per heavy atom. The molecule has 6 nitrogen and oxygen atoms in total. The lowest BCUT2D eigenvalue weighted by molar-refractivity contribution is 0.199. The highest BCUT2D eigenvalue weighted by molar-refractivity contribution is 5.49. The van der Waals surface area contributed by atoms with Crippen molar-refractivity contribution in [3.8, 4) is 0 Å². The van der Waals surface area contributed by atoms with Crippen LogP contribution in [0.1, 0.15) is 11.3 Å².